The number of hydrogen-bond acceptors (Lipinski definition) is 2. The van der Waals surface area contributed by atoms with Gasteiger partial charge in [-0.15, -0.1) is 0 Å². The lowest BCUT2D eigenvalue weighted by Crippen LogP contribution is -2.18. The molecule has 2 aromatic rings. The van der Waals surface area contributed by atoms with Crippen LogP contribution >= 0.6 is 11.6 Å². The Hall–Kier alpha value is -1.39. The maximum absolute atomic E-state index is 13.0. The number of nitrogens with one attached hydrogen (secondary N) is 2. The van der Waals surface area contributed by atoms with E-state index < -0.39 is 5.82 Å². The lowest BCUT2D eigenvalue weighted by molar-refractivity contribution is 0.559. The first kappa shape index (κ1) is 12.1. The van der Waals surface area contributed by atoms with Crippen molar-refractivity contribution in [3.63, 3.8) is 0 Å². The molecule has 90 valence electrons. The number of aromatic amines is 1. The summed E-state index contributed by atoms with van der Waals surface area (Å²) in [7, 11) is 0. The van der Waals surface area contributed by atoms with Crippen LogP contribution in [-0.2, 0) is 6.54 Å². The summed E-state index contributed by atoms with van der Waals surface area (Å²) in [4.78, 5) is 0. The van der Waals surface area contributed by atoms with Crippen LogP contribution < -0.4 is 5.32 Å². The number of H-pyrrole nitrogens is 1. The van der Waals surface area contributed by atoms with E-state index in [0.717, 1.165) is 11.3 Å². The predicted molar refractivity (Wildman–Crippen MR) is 65.3 cm³/mol. The van der Waals surface area contributed by atoms with E-state index in [1.807, 2.05) is 13.0 Å². The normalized spacial score (nSPS) is 12.6. The molecule has 0 bridgehead atoms. The van der Waals surface area contributed by atoms with E-state index in [9.17, 15) is 4.39 Å². The van der Waals surface area contributed by atoms with Crippen LogP contribution in [0.25, 0.3) is 0 Å². The highest BCUT2D eigenvalue weighted by atomic mass is 35.5. The highest BCUT2D eigenvalue weighted by molar-refractivity contribution is 6.30. The van der Waals surface area contributed by atoms with Crippen LogP contribution in [0.2, 0.25) is 5.02 Å². The summed E-state index contributed by atoms with van der Waals surface area (Å²) < 4.78 is 13.0. The quantitative estimate of drug-likeness (QED) is 0.879. The monoisotopic (exact) mass is 253 g/mol. The molecule has 0 saturated carbocycles. The second kappa shape index (κ2) is 5.29. The molecule has 2 rings (SSSR count). The molecule has 1 unspecified atom stereocenters. The molecule has 3 nitrogen and oxygen atoms in total. The van der Waals surface area contributed by atoms with E-state index in [-0.39, 0.29) is 11.1 Å². The fourth-order valence-corrected chi connectivity index (χ4v) is 1.74. The van der Waals surface area contributed by atoms with Gasteiger partial charge in [-0.1, -0.05) is 17.7 Å². The summed E-state index contributed by atoms with van der Waals surface area (Å²) in [5, 5.41) is 10.2. The van der Waals surface area contributed by atoms with Crippen molar-refractivity contribution in [2.24, 2.45) is 0 Å². The number of aromatic nitrogens is 2. The fourth-order valence-electron chi connectivity index (χ4n) is 1.54. The number of benzene rings is 1. The first-order chi connectivity index (χ1) is 8.16. The van der Waals surface area contributed by atoms with E-state index in [1.165, 1.54) is 6.07 Å². The summed E-state index contributed by atoms with van der Waals surface area (Å²) in [5.41, 5.74) is 1.96. The molecular formula is C12H13ClFN3. The second-order valence-corrected chi connectivity index (χ2v) is 4.27. The third-order valence-electron chi connectivity index (χ3n) is 2.59. The lowest BCUT2D eigenvalue weighted by atomic mass is 10.2. The van der Waals surface area contributed by atoms with Gasteiger partial charge in [-0.05, 0) is 30.7 Å². The summed E-state index contributed by atoms with van der Waals surface area (Å²) in [6.07, 6.45) is 1.71. The molecule has 0 aliphatic rings. The van der Waals surface area contributed by atoms with Gasteiger partial charge in [0.25, 0.3) is 0 Å². The molecule has 17 heavy (non-hydrogen) atoms. The van der Waals surface area contributed by atoms with Crippen LogP contribution in [0, 0.1) is 5.82 Å². The Kier molecular flexibility index (Phi) is 3.76. The highest BCUT2D eigenvalue weighted by Gasteiger charge is 2.06. The molecular weight excluding hydrogens is 241 g/mol. The van der Waals surface area contributed by atoms with Gasteiger partial charge in [0.2, 0.25) is 0 Å². The van der Waals surface area contributed by atoms with Gasteiger partial charge >= 0.3 is 0 Å². The van der Waals surface area contributed by atoms with Crippen molar-refractivity contribution in [2.75, 3.05) is 0 Å². The lowest BCUT2D eigenvalue weighted by Gasteiger charge is -2.12. The molecule has 0 saturated heterocycles. The van der Waals surface area contributed by atoms with Gasteiger partial charge in [-0.2, -0.15) is 5.10 Å². The summed E-state index contributed by atoms with van der Waals surface area (Å²) in [6, 6.07) is 6.79. The Labute approximate surface area is 104 Å². The van der Waals surface area contributed by atoms with Gasteiger partial charge in [0, 0.05) is 18.8 Å². The van der Waals surface area contributed by atoms with Gasteiger partial charge in [-0.3, -0.25) is 5.10 Å². The molecule has 0 spiro atoms. The second-order valence-electron chi connectivity index (χ2n) is 3.86. The van der Waals surface area contributed by atoms with Gasteiger partial charge in [0.15, 0.2) is 0 Å². The minimum atomic E-state index is -0.392. The number of nitrogens with zero attached hydrogens (tertiary/aromatic N) is 1. The summed E-state index contributed by atoms with van der Waals surface area (Å²) >= 11 is 5.71. The number of halogens is 2. The third kappa shape index (κ3) is 3.05. The van der Waals surface area contributed by atoms with E-state index in [2.05, 4.69) is 15.5 Å². The van der Waals surface area contributed by atoms with Crippen molar-refractivity contribution < 1.29 is 4.39 Å². The molecule has 5 heteroatoms. The Morgan fingerprint density at radius 1 is 1.47 bits per heavy atom. The Morgan fingerprint density at radius 3 is 2.94 bits per heavy atom. The first-order valence-corrected chi connectivity index (χ1v) is 5.71. The van der Waals surface area contributed by atoms with E-state index in [0.29, 0.717) is 6.54 Å². The largest absolute Gasteiger partial charge is 0.305 e. The maximum Gasteiger partial charge on any atom is 0.141 e. The maximum atomic E-state index is 13.0. The number of hydrogen-bond donors (Lipinski definition) is 2. The van der Waals surface area contributed by atoms with Gasteiger partial charge in [0.1, 0.15) is 5.82 Å². The third-order valence-corrected chi connectivity index (χ3v) is 2.87. The Balaban J connectivity index is 1.96. The zero-order chi connectivity index (χ0) is 12.3. The van der Waals surface area contributed by atoms with Crippen LogP contribution in [0.5, 0.6) is 0 Å². The van der Waals surface area contributed by atoms with Crippen molar-refractivity contribution in [3.05, 3.63) is 52.6 Å². The van der Waals surface area contributed by atoms with Crippen LogP contribution in [0.15, 0.2) is 30.5 Å². The Morgan fingerprint density at radius 2 is 2.29 bits per heavy atom. The molecule has 1 aromatic heterocycles. The number of rotatable bonds is 4. The smallest absolute Gasteiger partial charge is 0.141 e. The van der Waals surface area contributed by atoms with Crippen molar-refractivity contribution in [2.45, 2.75) is 19.5 Å². The average molecular weight is 254 g/mol. The van der Waals surface area contributed by atoms with Crippen LogP contribution in [-0.4, -0.2) is 10.2 Å². The van der Waals surface area contributed by atoms with Gasteiger partial charge in [-0.25, -0.2) is 4.39 Å². The first-order valence-electron chi connectivity index (χ1n) is 5.33. The molecule has 0 aliphatic heterocycles. The van der Waals surface area contributed by atoms with Crippen LogP contribution in [0.3, 0.4) is 0 Å². The zero-order valence-electron chi connectivity index (χ0n) is 9.37. The van der Waals surface area contributed by atoms with Crippen LogP contribution in [0.4, 0.5) is 4.39 Å². The zero-order valence-corrected chi connectivity index (χ0v) is 10.1. The highest BCUT2D eigenvalue weighted by Crippen LogP contribution is 2.16. The average Bonchev–Trinajstić information content (AvgIpc) is 2.84. The standard InChI is InChI=1S/C12H13ClFN3/c1-8(12-4-5-16-17-12)15-7-9-2-3-11(14)10(13)6-9/h2-6,8,15H,7H2,1H3,(H,16,17). The molecule has 1 heterocycles. The van der Waals surface area contributed by atoms with Crippen LogP contribution in [0.1, 0.15) is 24.2 Å². The fraction of sp³-hybridized carbons (Fsp3) is 0.250. The van der Waals surface area contributed by atoms with Crippen molar-refractivity contribution in [1.82, 2.24) is 15.5 Å². The minimum absolute atomic E-state index is 0.151. The van der Waals surface area contributed by atoms with E-state index in [1.54, 1.807) is 18.3 Å². The molecule has 2 N–H and O–H groups in total. The topological polar surface area (TPSA) is 40.7 Å². The van der Waals surface area contributed by atoms with Crippen molar-refractivity contribution in [3.8, 4) is 0 Å². The van der Waals surface area contributed by atoms with Crippen molar-refractivity contribution >= 4 is 11.6 Å². The SMILES string of the molecule is CC(NCc1ccc(F)c(Cl)c1)c1ccn[nH]1. The minimum Gasteiger partial charge on any atom is -0.305 e. The van der Waals surface area contributed by atoms with Crippen molar-refractivity contribution in [1.29, 1.82) is 0 Å². The molecule has 1 atom stereocenters. The summed E-state index contributed by atoms with van der Waals surface area (Å²) in [5.74, 6) is -0.392. The molecule has 0 aliphatic carbocycles. The summed E-state index contributed by atoms with van der Waals surface area (Å²) in [6.45, 7) is 2.65. The van der Waals surface area contributed by atoms with Gasteiger partial charge < -0.3 is 5.32 Å². The molecule has 1 aromatic carbocycles. The van der Waals surface area contributed by atoms with Gasteiger partial charge in [0.05, 0.1) is 10.7 Å². The predicted octanol–water partition coefficient (Wildman–Crippen LogP) is 3.05. The van der Waals surface area contributed by atoms with E-state index >= 15 is 0 Å². The molecule has 0 amide bonds. The molecule has 0 radical (unpaired) electrons. The Bertz CT molecular complexity index is 485. The van der Waals surface area contributed by atoms with E-state index in [4.69, 9.17) is 11.6 Å². The molecule has 0 fully saturated rings.